The van der Waals surface area contributed by atoms with Gasteiger partial charge in [0.05, 0.1) is 11.8 Å². The Morgan fingerprint density at radius 3 is 2.93 bits per heavy atom. The van der Waals surface area contributed by atoms with Crippen LogP contribution in [0.2, 0.25) is 0 Å². The second kappa shape index (κ2) is 6.95. The maximum atomic E-state index is 12.9. The van der Waals surface area contributed by atoms with E-state index in [1.165, 1.54) is 0 Å². The summed E-state index contributed by atoms with van der Waals surface area (Å²) in [5, 5.41) is 7.05. The highest BCUT2D eigenvalue weighted by Gasteiger charge is 2.17. The zero-order valence-corrected chi connectivity index (χ0v) is 16.0. The first-order valence-electron chi connectivity index (χ1n) is 9.25. The van der Waals surface area contributed by atoms with Crippen LogP contribution in [-0.2, 0) is 17.9 Å². The number of hydrogen-bond donors (Lipinski definition) is 2. The van der Waals surface area contributed by atoms with Gasteiger partial charge < -0.3 is 10.3 Å². The van der Waals surface area contributed by atoms with E-state index in [-0.39, 0.29) is 24.1 Å². The Hall–Kier alpha value is -3.43. The quantitative estimate of drug-likeness (QED) is 0.519. The van der Waals surface area contributed by atoms with Crippen molar-refractivity contribution in [1.82, 2.24) is 39.0 Å². The molecular weight excluding hydrogens is 360 g/mol. The van der Waals surface area contributed by atoms with Crippen LogP contribution in [0.4, 0.5) is 0 Å². The number of nitrogens with zero attached hydrogens (tertiary/aromatic N) is 6. The molecule has 28 heavy (non-hydrogen) atoms. The predicted octanol–water partition coefficient (Wildman–Crippen LogP) is 1.17. The van der Waals surface area contributed by atoms with Crippen molar-refractivity contribution in [2.45, 2.75) is 46.3 Å². The zero-order valence-electron chi connectivity index (χ0n) is 16.0. The van der Waals surface area contributed by atoms with Gasteiger partial charge in [-0.25, -0.2) is 9.97 Å². The molecule has 4 aromatic heterocycles. The topological polar surface area (TPSA) is 115 Å². The number of H-pyrrole nitrogens is 1. The number of rotatable bonds is 6. The van der Waals surface area contributed by atoms with Crippen molar-refractivity contribution in [3.8, 4) is 11.4 Å². The number of imidazole rings is 2. The number of hydrogen-bond acceptors (Lipinski definition) is 5. The third kappa shape index (κ3) is 3.06. The number of fused-ring (bicyclic) bond motifs is 3. The normalized spacial score (nSPS) is 11.7. The van der Waals surface area contributed by atoms with Crippen molar-refractivity contribution in [3.05, 3.63) is 35.1 Å². The summed E-state index contributed by atoms with van der Waals surface area (Å²) >= 11 is 0. The number of carbonyl (C=O) groups excluding carboxylic acids is 1. The summed E-state index contributed by atoms with van der Waals surface area (Å²) in [7, 11) is 0. The van der Waals surface area contributed by atoms with Gasteiger partial charge in [0.1, 0.15) is 12.4 Å². The third-order valence-corrected chi connectivity index (χ3v) is 4.34. The molecule has 4 aromatic rings. The van der Waals surface area contributed by atoms with Crippen molar-refractivity contribution < 1.29 is 4.79 Å². The van der Waals surface area contributed by atoms with Gasteiger partial charge in [-0.1, -0.05) is 6.92 Å². The first kappa shape index (κ1) is 18.0. The van der Waals surface area contributed by atoms with Gasteiger partial charge >= 0.3 is 0 Å². The summed E-state index contributed by atoms with van der Waals surface area (Å²) in [6.45, 7) is 6.52. The molecule has 2 N–H and O–H groups in total. The Balaban J connectivity index is 1.74. The molecule has 0 aliphatic carbocycles. The number of nitrogens with one attached hydrogen (secondary N) is 2. The van der Waals surface area contributed by atoms with Crippen molar-refractivity contribution >= 4 is 22.8 Å². The maximum Gasteiger partial charge on any atom is 0.280 e. The summed E-state index contributed by atoms with van der Waals surface area (Å²) in [5.74, 6) is 0.974. The first-order chi connectivity index (χ1) is 13.5. The molecule has 146 valence electrons. The van der Waals surface area contributed by atoms with Crippen molar-refractivity contribution in [2.75, 3.05) is 0 Å². The molecule has 0 bridgehead atoms. The van der Waals surface area contributed by atoms with Crippen molar-refractivity contribution in [1.29, 1.82) is 0 Å². The van der Waals surface area contributed by atoms with Crippen LogP contribution in [0.5, 0.6) is 0 Å². The first-order valence-corrected chi connectivity index (χ1v) is 9.25. The molecule has 0 atom stereocenters. The second-order valence-electron chi connectivity index (χ2n) is 6.99. The minimum Gasteiger partial charge on any atom is -0.352 e. The highest BCUT2D eigenvalue weighted by atomic mass is 16.2. The van der Waals surface area contributed by atoms with Gasteiger partial charge in [-0.3, -0.25) is 23.2 Å². The molecule has 0 aromatic carbocycles. The molecular formula is C18H22N8O2. The number of carbonyl (C=O) groups is 1. The summed E-state index contributed by atoms with van der Waals surface area (Å²) in [6.07, 6.45) is 7.61. The zero-order chi connectivity index (χ0) is 19.8. The highest BCUT2D eigenvalue weighted by Crippen LogP contribution is 2.19. The van der Waals surface area contributed by atoms with Crippen LogP contribution in [0, 0.1) is 0 Å². The molecule has 0 radical (unpaired) electrons. The minimum atomic E-state index is -0.155. The van der Waals surface area contributed by atoms with E-state index in [4.69, 9.17) is 0 Å². The molecule has 0 saturated heterocycles. The lowest BCUT2D eigenvalue weighted by molar-refractivity contribution is -0.122. The summed E-state index contributed by atoms with van der Waals surface area (Å²) in [6, 6.07) is 0.0702. The van der Waals surface area contributed by atoms with E-state index < -0.39 is 0 Å². The van der Waals surface area contributed by atoms with E-state index in [2.05, 4.69) is 25.4 Å². The lowest BCUT2D eigenvalue weighted by Crippen LogP contribution is -2.33. The van der Waals surface area contributed by atoms with Crippen LogP contribution in [0.25, 0.3) is 28.3 Å². The van der Waals surface area contributed by atoms with Crippen molar-refractivity contribution in [3.63, 3.8) is 0 Å². The number of aromatic amines is 1. The number of aromatic nitrogens is 7. The Bertz CT molecular complexity index is 1210. The molecule has 0 spiro atoms. The molecule has 10 nitrogen and oxygen atoms in total. The average Bonchev–Trinajstić information content (AvgIpc) is 3.35. The molecule has 0 fully saturated rings. The van der Waals surface area contributed by atoms with Crippen LogP contribution in [0.1, 0.15) is 27.2 Å². The largest absolute Gasteiger partial charge is 0.352 e. The summed E-state index contributed by atoms with van der Waals surface area (Å²) < 4.78 is 4.99. The molecule has 0 unspecified atom stereocenters. The highest BCUT2D eigenvalue weighted by molar-refractivity contribution is 5.78. The fourth-order valence-corrected chi connectivity index (χ4v) is 3.22. The second-order valence-corrected chi connectivity index (χ2v) is 6.99. The third-order valence-electron chi connectivity index (χ3n) is 4.34. The number of amides is 1. The van der Waals surface area contributed by atoms with Crippen LogP contribution in [0.3, 0.4) is 0 Å². The standard InChI is InChI=1S/C18H22N8O2/c1-4-6-26-17(28)14-16(25-7-5-19-18(25)26)23-15(22-14)12-8-20-24(9-12)10-13(27)21-11(2)3/h5,7-9,11H,4,6,10H2,1-3H3,(H,21,27)(H,22,23). The Kier molecular flexibility index (Phi) is 4.46. The molecule has 10 heteroatoms. The Morgan fingerprint density at radius 2 is 2.18 bits per heavy atom. The molecule has 4 heterocycles. The minimum absolute atomic E-state index is 0.0702. The van der Waals surface area contributed by atoms with E-state index in [9.17, 15) is 9.59 Å². The van der Waals surface area contributed by atoms with Gasteiger partial charge in [0.25, 0.3) is 5.56 Å². The summed E-state index contributed by atoms with van der Waals surface area (Å²) in [4.78, 5) is 36.8. The van der Waals surface area contributed by atoms with E-state index in [1.54, 1.807) is 38.4 Å². The number of aryl methyl sites for hydroxylation is 1. The van der Waals surface area contributed by atoms with Crippen LogP contribution < -0.4 is 10.9 Å². The molecule has 1 amide bonds. The van der Waals surface area contributed by atoms with Gasteiger partial charge in [-0.2, -0.15) is 5.10 Å². The monoisotopic (exact) mass is 382 g/mol. The SMILES string of the molecule is CCCn1c(=O)c2[nH]c(-c3cnn(CC(=O)NC(C)C)c3)nc2n2ccnc12. The Morgan fingerprint density at radius 1 is 1.36 bits per heavy atom. The lowest BCUT2D eigenvalue weighted by Gasteiger charge is -2.07. The van der Waals surface area contributed by atoms with Gasteiger partial charge in [-0.15, -0.1) is 0 Å². The van der Waals surface area contributed by atoms with Gasteiger partial charge in [0.15, 0.2) is 11.2 Å². The molecule has 0 aliphatic rings. The van der Waals surface area contributed by atoms with E-state index >= 15 is 0 Å². The predicted molar refractivity (Wildman–Crippen MR) is 104 cm³/mol. The molecule has 0 saturated carbocycles. The van der Waals surface area contributed by atoms with Crippen molar-refractivity contribution in [2.24, 2.45) is 0 Å². The van der Waals surface area contributed by atoms with E-state index in [0.717, 1.165) is 6.42 Å². The fourth-order valence-electron chi connectivity index (χ4n) is 3.22. The van der Waals surface area contributed by atoms with Crippen LogP contribution in [0.15, 0.2) is 29.6 Å². The fraction of sp³-hybridized carbons (Fsp3) is 0.389. The summed E-state index contributed by atoms with van der Waals surface area (Å²) in [5.41, 5.74) is 1.48. The maximum absolute atomic E-state index is 12.9. The lowest BCUT2D eigenvalue weighted by atomic mass is 10.3. The smallest absolute Gasteiger partial charge is 0.280 e. The van der Waals surface area contributed by atoms with Gasteiger partial charge in [0, 0.05) is 31.2 Å². The molecule has 4 rings (SSSR count). The van der Waals surface area contributed by atoms with E-state index in [0.29, 0.717) is 34.9 Å². The average molecular weight is 382 g/mol. The van der Waals surface area contributed by atoms with E-state index in [1.807, 2.05) is 20.8 Å². The Labute approximate surface area is 160 Å². The van der Waals surface area contributed by atoms with Crippen LogP contribution >= 0.6 is 0 Å². The van der Waals surface area contributed by atoms with Crippen LogP contribution in [-0.4, -0.2) is 45.6 Å². The van der Waals surface area contributed by atoms with Gasteiger partial charge in [-0.05, 0) is 20.3 Å². The molecule has 0 aliphatic heterocycles. The van der Waals surface area contributed by atoms with Gasteiger partial charge in [0.2, 0.25) is 11.7 Å².